The minimum atomic E-state index is -0.968. The maximum Gasteiger partial charge on any atom is 0.307 e. The number of hydrogen-bond acceptors (Lipinski definition) is 4. The summed E-state index contributed by atoms with van der Waals surface area (Å²) in [6, 6.07) is 3.08. The van der Waals surface area contributed by atoms with Crippen molar-refractivity contribution in [2.45, 2.75) is 13.8 Å². The molecule has 1 amide bonds. The molecule has 6 nitrogen and oxygen atoms in total. The van der Waals surface area contributed by atoms with Crippen molar-refractivity contribution in [3.05, 3.63) is 17.2 Å². The van der Waals surface area contributed by atoms with Gasteiger partial charge in [-0.15, -0.1) is 0 Å². The monoisotopic (exact) mass is 327 g/mol. The van der Waals surface area contributed by atoms with Gasteiger partial charge >= 0.3 is 5.97 Å². The van der Waals surface area contributed by atoms with Crippen LogP contribution in [-0.4, -0.2) is 31.2 Å². The average molecular weight is 328 g/mol. The number of aliphatic carboxylic acids is 1. The van der Waals surface area contributed by atoms with Crippen molar-refractivity contribution in [3.63, 3.8) is 0 Å². The molecule has 0 heterocycles. The Morgan fingerprint density at radius 3 is 2.23 bits per heavy atom. The predicted molar refractivity (Wildman–Crippen MR) is 81.6 cm³/mol. The molecule has 2 atom stereocenters. The number of rotatable bonds is 5. The Morgan fingerprint density at radius 2 is 1.77 bits per heavy atom. The van der Waals surface area contributed by atoms with E-state index >= 15 is 0 Å². The Hall–Kier alpha value is -1.95. The number of hydrogen-bond donors (Lipinski definition) is 2. The molecule has 1 aliphatic rings. The van der Waals surface area contributed by atoms with Crippen LogP contribution in [0.1, 0.15) is 13.8 Å². The fraction of sp³-hybridized carbons (Fsp3) is 0.467. The number of ether oxygens (including phenoxy) is 2. The zero-order valence-electron chi connectivity index (χ0n) is 12.8. The summed E-state index contributed by atoms with van der Waals surface area (Å²) in [5.41, 5.74) is -0.190. The number of halogens is 1. The van der Waals surface area contributed by atoms with Crippen LogP contribution in [0.25, 0.3) is 0 Å². The van der Waals surface area contributed by atoms with E-state index in [0.29, 0.717) is 22.2 Å². The van der Waals surface area contributed by atoms with E-state index in [9.17, 15) is 9.59 Å². The second kappa shape index (κ2) is 5.68. The standard InChI is InChI=1S/C15H18ClNO5/c1-15(2)11(12(15)14(19)20)13(18)17-8-5-7(16)9(21-3)6-10(8)22-4/h5-6,11-12H,1-4H3,(H,17,18)(H,19,20)/t11-,12+/m0/s1. The van der Waals surface area contributed by atoms with Gasteiger partial charge in [0.2, 0.25) is 5.91 Å². The number of nitrogens with one attached hydrogen (secondary N) is 1. The lowest BCUT2D eigenvalue weighted by Gasteiger charge is -2.13. The highest BCUT2D eigenvalue weighted by Crippen LogP contribution is 2.58. The quantitative estimate of drug-likeness (QED) is 0.868. The first-order valence-corrected chi connectivity index (χ1v) is 7.07. The molecule has 0 unspecified atom stereocenters. The molecule has 1 fully saturated rings. The molecule has 1 aliphatic carbocycles. The molecule has 0 radical (unpaired) electrons. The van der Waals surface area contributed by atoms with Crippen LogP contribution in [0.2, 0.25) is 5.02 Å². The summed E-state index contributed by atoms with van der Waals surface area (Å²) in [5.74, 6) is -1.80. The van der Waals surface area contributed by atoms with Crippen LogP contribution in [-0.2, 0) is 9.59 Å². The summed E-state index contributed by atoms with van der Waals surface area (Å²) in [6.45, 7) is 3.52. The number of methoxy groups -OCH3 is 2. The Morgan fingerprint density at radius 1 is 1.18 bits per heavy atom. The topological polar surface area (TPSA) is 84.9 Å². The molecule has 0 saturated heterocycles. The number of amides is 1. The van der Waals surface area contributed by atoms with Crippen molar-refractivity contribution in [2.75, 3.05) is 19.5 Å². The van der Waals surface area contributed by atoms with E-state index in [2.05, 4.69) is 5.32 Å². The minimum absolute atomic E-state index is 0.323. The van der Waals surface area contributed by atoms with Gasteiger partial charge in [0.05, 0.1) is 36.8 Å². The maximum atomic E-state index is 12.3. The Kier molecular flexibility index (Phi) is 4.24. The number of carboxylic acids is 1. The van der Waals surface area contributed by atoms with E-state index < -0.39 is 23.2 Å². The zero-order valence-corrected chi connectivity index (χ0v) is 13.5. The van der Waals surface area contributed by atoms with Crippen LogP contribution in [0, 0.1) is 17.3 Å². The van der Waals surface area contributed by atoms with Gasteiger partial charge in [-0.1, -0.05) is 25.4 Å². The second-order valence-corrected chi connectivity index (χ2v) is 6.20. The van der Waals surface area contributed by atoms with Crippen LogP contribution in [0.4, 0.5) is 5.69 Å². The SMILES string of the molecule is COc1cc(OC)c(NC(=O)[C@@H]2[C@H](C(=O)O)C2(C)C)cc1Cl. The van der Waals surface area contributed by atoms with Crippen LogP contribution in [0.5, 0.6) is 11.5 Å². The highest BCUT2D eigenvalue weighted by atomic mass is 35.5. The largest absolute Gasteiger partial charge is 0.495 e. The third kappa shape index (κ3) is 2.70. The second-order valence-electron chi connectivity index (χ2n) is 5.79. The van der Waals surface area contributed by atoms with Gasteiger partial charge in [-0.25, -0.2) is 0 Å². The van der Waals surface area contributed by atoms with Crippen LogP contribution >= 0.6 is 11.6 Å². The molecule has 1 saturated carbocycles. The molecular formula is C15H18ClNO5. The van der Waals surface area contributed by atoms with Crippen LogP contribution < -0.4 is 14.8 Å². The number of benzene rings is 1. The minimum Gasteiger partial charge on any atom is -0.495 e. The van der Waals surface area contributed by atoms with E-state index in [1.807, 2.05) is 0 Å². The number of carboxylic acid groups (broad SMARTS) is 1. The summed E-state index contributed by atoms with van der Waals surface area (Å²) in [6.07, 6.45) is 0. The molecule has 2 rings (SSSR count). The van der Waals surface area contributed by atoms with Gasteiger partial charge in [0.15, 0.2) is 0 Å². The van der Waals surface area contributed by atoms with E-state index in [1.54, 1.807) is 19.9 Å². The van der Waals surface area contributed by atoms with Gasteiger partial charge in [-0.05, 0) is 11.5 Å². The van der Waals surface area contributed by atoms with Gasteiger partial charge in [0.1, 0.15) is 11.5 Å². The lowest BCUT2D eigenvalue weighted by molar-refractivity contribution is -0.140. The third-order valence-electron chi connectivity index (χ3n) is 4.11. The Bertz CT molecular complexity index is 629. The first-order chi connectivity index (χ1) is 10.2. The lowest BCUT2D eigenvalue weighted by Crippen LogP contribution is -2.18. The average Bonchev–Trinajstić information content (AvgIpc) is 3.02. The third-order valence-corrected chi connectivity index (χ3v) is 4.40. The van der Waals surface area contributed by atoms with Gasteiger partial charge < -0.3 is 19.9 Å². The van der Waals surface area contributed by atoms with Crippen molar-refractivity contribution in [1.82, 2.24) is 0 Å². The summed E-state index contributed by atoms with van der Waals surface area (Å²) in [5, 5.41) is 12.2. The summed E-state index contributed by atoms with van der Waals surface area (Å²) < 4.78 is 10.3. The van der Waals surface area contributed by atoms with Gasteiger partial charge in [0, 0.05) is 6.07 Å². The maximum absolute atomic E-state index is 12.3. The lowest BCUT2D eigenvalue weighted by atomic mass is 10.1. The first-order valence-electron chi connectivity index (χ1n) is 6.69. The van der Waals surface area contributed by atoms with Crippen molar-refractivity contribution in [3.8, 4) is 11.5 Å². The van der Waals surface area contributed by atoms with E-state index in [-0.39, 0.29) is 5.91 Å². The van der Waals surface area contributed by atoms with E-state index in [4.69, 9.17) is 26.2 Å². The highest BCUT2D eigenvalue weighted by Gasteiger charge is 2.65. The zero-order chi connectivity index (χ0) is 16.7. The summed E-state index contributed by atoms with van der Waals surface area (Å²) in [4.78, 5) is 23.5. The number of carbonyl (C=O) groups excluding carboxylic acids is 1. The van der Waals surface area contributed by atoms with E-state index in [0.717, 1.165) is 0 Å². The molecule has 0 spiro atoms. The van der Waals surface area contributed by atoms with Crippen molar-refractivity contribution >= 4 is 29.2 Å². The molecule has 1 aromatic rings. The van der Waals surface area contributed by atoms with Gasteiger partial charge in [-0.3, -0.25) is 9.59 Å². The molecule has 0 aliphatic heterocycles. The van der Waals surface area contributed by atoms with Gasteiger partial charge in [-0.2, -0.15) is 0 Å². The van der Waals surface area contributed by atoms with Crippen molar-refractivity contribution in [1.29, 1.82) is 0 Å². The van der Waals surface area contributed by atoms with Crippen LogP contribution in [0.15, 0.2) is 12.1 Å². The fourth-order valence-corrected chi connectivity index (χ4v) is 3.00. The molecular weight excluding hydrogens is 310 g/mol. The Labute approximate surface area is 133 Å². The smallest absolute Gasteiger partial charge is 0.307 e. The Balaban J connectivity index is 2.23. The molecule has 2 N–H and O–H groups in total. The number of anilines is 1. The molecule has 120 valence electrons. The highest BCUT2D eigenvalue weighted by molar-refractivity contribution is 6.32. The molecule has 7 heteroatoms. The summed E-state index contributed by atoms with van der Waals surface area (Å²) >= 11 is 6.05. The fourth-order valence-electron chi connectivity index (χ4n) is 2.76. The van der Waals surface area contributed by atoms with Gasteiger partial charge in [0.25, 0.3) is 0 Å². The van der Waals surface area contributed by atoms with Crippen LogP contribution in [0.3, 0.4) is 0 Å². The first kappa shape index (κ1) is 16.4. The van der Waals surface area contributed by atoms with Crippen molar-refractivity contribution < 1.29 is 24.2 Å². The predicted octanol–water partition coefficient (Wildman–Crippen LogP) is 2.65. The molecule has 0 aromatic heterocycles. The number of carbonyl (C=O) groups is 2. The normalized spacial score (nSPS) is 21.9. The van der Waals surface area contributed by atoms with E-state index in [1.165, 1.54) is 20.3 Å². The molecule has 1 aromatic carbocycles. The van der Waals surface area contributed by atoms with Crippen molar-refractivity contribution in [2.24, 2.45) is 17.3 Å². The molecule has 22 heavy (non-hydrogen) atoms. The molecule has 0 bridgehead atoms. The summed E-state index contributed by atoms with van der Waals surface area (Å²) in [7, 11) is 2.93.